The number of carbonyl (C=O) groups excluding carboxylic acids is 3. The highest BCUT2D eigenvalue weighted by atomic mass is 19.4. The number of allylic oxidation sites excluding steroid dienone is 2. The molecule has 2 saturated carbocycles. The van der Waals surface area contributed by atoms with Crippen LogP contribution in [0.5, 0.6) is 0 Å². The van der Waals surface area contributed by atoms with E-state index in [9.17, 15) is 36.3 Å². The van der Waals surface area contributed by atoms with Gasteiger partial charge in [-0.2, -0.15) is 18.3 Å². The summed E-state index contributed by atoms with van der Waals surface area (Å²) in [5.41, 5.74) is 6.12. The molecule has 3 aromatic heterocycles. The molecule has 8 rings (SSSR count). The highest BCUT2D eigenvalue weighted by Crippen LogP contribution is 2.38. The molecule has 0 radical (unpaired) electrons. The van der Waals surface area contributed by atoms with E-state index in [0.717, 1.165) is 76.2 Å². The second-order valence-corrected chi connectivity index (χ2v) is 18.4. The fourth-order valence-corrected chi connectivity index (χ4v) is 9.28. The number of anilines is 2. The van der Waals surface area contributed by atoms with Crippen molar-refractivity contribution < 1.29 is 40.8 Å². The zero-order valence-electron chi connectivity index (χ0n) is 37.7. The molecule has 4 amide bonds. The number of urea groups is 1. The van der Waals surface area contributed by atoms with Crippen LogP contribution in [0, 0.1) is 17.8 Å². The van der Waals surface area contributed by atoms with Gasteiger partial charge in [0.2, 0.25) is 11.8 Å². The van der Waals surface area contributed by atoms with E-state index < -0.39 is 42.2 Å². The summed E-state index contributed by atoms with van der Waals surface area (Å²) < 4.78 is 76.8. The Morgan fingerprint density at radius 3 is 2.58 bits per heavy atom. The minimum absolute atomic E-state index is 0.0103. The number of para-hydroxylation sites is 1. The van der Waals surface area contributed by atoms with E-state index in [1.807, 2.05) is 0 Å². The van der Waals surface area contributed by atoms with E-state index in [2.05, 4.69) is 59.8 Å². The van der Waals surface area contributed by atoms with Crippen LogP contribution in [0.3, 0.4) is 0 Å². The molecule has 0 bridgehead atoms. The number of carbonyl (C=O) groups is 3. The summed E-state index contributed by atoms with van der Waals surface area (Å²) in [6, 6.07) is 6.14. The summed E-state index contributed by atoms with van der Waals surface area (Å²) in [4.78, 5) is 56.9. The number of amides is 4. The highest BCUT2D eigenvalue weighted by Gasteiger charge is 2.41. The second kappa shape index (κ2) is 20.1. The molecule has 67 heavy (non-hydrogen) atoms. The Kier molecular flexibility index (Phi) is 14.3. The third kappa shape index (κ3) is 11.3. The monoisotopic (exact) mass is 936 g/mol. The third-order valence-corrected chi connectivity index (χ3v) is 13.6. The van der Waals surface area contributed by atoms with Crippen LogP contribution in [0.25, 0.3) is 22.4 Å². The largest absolute Gasteiger partial charge is 0.444 e. The number of piperidine rings is 1. The normalized spacial score (nSPS) is 22.2. The lowest BCUT2D eigenvalue weighted by atomic mass is 9.77. The van der Waals surface area contributed by atoms with Crippen molar-refractivity contribution >= 4 is 46.6 Å². The van der Waals surface area contributed by atoms with E-state index >= 15 is 0 Å². The second-order valence-electron chi connectivity index (χ2n) is 18.4. The molecule has 2 aliphatic heterocycles. The first-order valence-electron chi connectivity index (χ1n) is 22.9. The van der Waals surface area contributed by atoms with Gasteiger partial charge in [-0.25, -0.2) is 23.5 Å². The highest BCUT2D eigenvalue weighted by molar-refractivity contribution is 6.09. The predicted molar refractivity (Wildman–Crippen MR) is 241 cm³/mol. The van der Waals surface area contributed by atoms with Crippen LogP contribution >= 0.6 is 0 Å². The number of imide groups is 1. The molecule has 2 saturated heterocycles. The number of rotatable bonds is 16. The van der Waals surface area contributed by atoms with Crippen molar-refractivity contribution in [3.8, 4) is 11.5 Å². The molecular formula is C46H57F5N12O4. The van der Waals surface area contributed by atoms with Gasteiger partial charge in [-0.05, 0) is 114 Å². The Morgan fingerprint density at radius 1 is 1.10 bits per heavy atom. The van der Waals surface area contributed by atoms with Gasteiger partial charge < -0.3 is 25.7 Å². The first-order valence-corrected chi connectivity index (χ1v) is 22.9. The van der Waals surface area contributed by atoms with Crippen LogP contribution in [0.4, 0.5) is 38.4 Å². The molecule has 4 aromatic rings. The Balaban J connectivity index is 0.842. The minimum atomic E-state index is -4.59. The molecule has 5 heterocycles. The lowest BCUT2D eigenvalue weighted by molar-refractivity contribution is -0.164. The SMILES string of the molecule is CC1CC(N=CC(NC(=O)c2coc(-c3ccnc(NCC4CC4)c3)n2)=C(N)C(F)F)CCC1CN(C)C1CCN(Cc2cccc3c(N4CCC(=O)NC4=O)nn(C(C)C(F)(F)F)c23)CC1. The summed E-state index contributed by atoms with van der Waals surface area (Å²) in [6.07, 6.45) is 2.77. The van der Waals surface area contributed by atoms with Crippen molar-refractivity contribution in [2.45, 2.75) is 102 Å². The molecule has 4 aliphatic rings. The van der Waals surface area contributed by atoms with Crippen molar-refractivity contribution in [1.29, 1.82) is 0 Å². The van der Waals surface area contributed by atoms with Crippen LogP contribution in [0.1, 0.15) is 87.3 Å². The molecule has 0 spiro atoms. The number of aromatic nitrogens is 4. The van der Waals surface area contributed by atoms with Crippen LogP contribution in [-0.2, 0) is 11.3 Å². The van der Waals surface area contributed by atoms with E-state index in [-0.39, 0.29) is 48.0 Å². The maximum absolute atomic E-state index is 14.2. The van der Waals surface area contributed by atoms with Gasteiger partial charge in [-0.15, -0.1) is 0 Å². The first kappa shape index (κ1) is 47.5. The molecule has 4 atom stereocenters. The molecule has 5 N–H and O–H groups in total. The number of nitrogens with zero attached hydrogens (tertiary/aromatic N) is 8. The van der Waals surface area contributed by atoms with Gasteiger partial charge >= 0.3 is 12.2 Å². The van der Waals surface area contributed by atoms with Crippen molar-refractivity contribution in [2.75, 3.05) is 50.0 Å². The van der Waals surface area contributed by atoms with Gasteiger partial charge in [-0.1, -0.05) is 19.1 Å². The number of benzene rings is 1. The van der Waals surface area contributed by atoms with Gasteiger partial charge in [-0.3, -0.25) is 34.4 Å². The first-order chi connectivity index (χ1) is 32.0. The molecule has 360 valence electrons. The van der Waals surface area contributed by atoms with E-state index in [1.54, 1.807) is 36.5 Å². The van der Waals surface area contributed by atoms with Crippen LogP contribution in [0.2, 0.25) is 0 Å². The number of oxazole rings is 1. The van der Waals surface area contributed by atoms with Crippen molar-refractivity contribution in [1.82, 2.24) is 40.2 Å². The Bertz CT molecular complexity index is 2490. The van der Waals surface area contributed by atoms with E-state index in [4.69, 9.17) is 10.2 Å². The molecule has 4 unspecified atom stereocenters. The fraction of sp³-hybridized carbons (Fsp3) is 0.543. The minimum Gasteiger partial charge on any atom is -0.444 e. The van der Waals surface area contributed by atoms with Crippen molar-refractivity contribution in [3.05, 3.63) is 65.4 Å². The van der Waals surface area contributed by atoms with Gasteiger partial charge in [0.1, 0.15) is 23.8 Å². The molecule has 16 nitrogen and oxygen atoms in total. The maximum atomic E-state index is 14.2. The zero-order valence-corrected chi connectivity index (χ0v) is 37.7. The summed E-state index contributed by atoms with van der Waals surface area (Å²) in [6.45, 7) is 6.74. The lowest BCUT2D eigenvalue weighted by Crippen LogP contribution is -2.49. The summed E-state index contributed by atoms with van der Waals surface area (Å²) in [5, 5.41) is 12.7. The number of fused-ring (bicyclic) bond motifs is 1. The molecule has 2 aliphatic carbocycles. The number of hydrogen-bond acceptors (Lipinski definition) is 12. The number of hydrogen-bond donors (Lipinski definition) is 4. The lowest BCUT2D eigenvalue weighted by Gasteiger charge is -2.40. The Hall–Kier alpha value is -5.96. The number of halogens is 5. The smallest absolute Gasteiger partial charge is 0.410 e. The average molecular weight is 937 g/mol. The van der Waals surface area contributed by atoms with Gasteiger partial charge in [0.05, 0.1) is 17.3 Å². The third-order valence-electron chi connectivity index (χ3n) is 13.6. The molecule has 4 fully saturated rings. The quantitative estimate of drug-likeness (QED) is 0.0661. The predicted octanol–water partition coefficient (Wildman–Crippen LogP) is 7.12. The van der Waals surface area contributed by atoms with E-state index in [0.29, 0.717) is 52.3 Å². The molecule has 21 heteroatoms. The fourth-order valence-electron chi connectivity index (χ4n) is 9.28. The topological polar surface area (TPSA) is 192 Å². The number of aliphatic imine (C=N–C) groups is 1. The maximum Gasteiger partial charge on any atom is 0.410 e. The Labute approximate surface area is 384 Å². The zero-order chi connectivity index (χ0) is 47.6. The molecule has 1 aromatic carbocycles. The van der Waals surface area contributed by atoms with Gasteiger partial charge in [0.15, 0.2) is 11.5 Å². The van der Waals surface area contributed by atoms with Crippen molar-refractivity contribution in [2.24, 2.45) is 28.5 Å². The summed E-state index contributed by atoms with van der Waals surface area (Å²) in [7, 11) is 2.12. The average Bonchev–Trinajstić information content (AvgIpc) is 3.85. The number of nitrogens with one attached hydrogen (secondary N) is 3. The standard InChI is InChI=1S/C46H57F5N12O4/c1-26-19-32(54-22-35(39(52)41(47)48)56-43(65)36-25-67-44(57-36)29-11-15-53-37(20-29)55-21-28-7-8-28)10-9-30(26)23-60(3)33-12-16-61(17-13-33)24-31-5-4-6-34-40(31)63(27(2)46(49,50)51)59-42(34)62-18-14-38(64)58-45(62)66/h4-6,11,15,20,22,25-28,30,32-33,41H,7-10,12-14,16-19,21,23-24,52H2,1-3H3,(H,53,55)(H,56,65)(H,58,64,66). The molecular weight excluding hydrogens is 880 g/mol. The number of nitrogens with two attached hydrogens (primary N) is 1. The van der Waals surface area contributed by atoms with Gasteiger partial charge in [0, 0.05) is 62.0 Å². The van der Waals surface area contributed by atoms with Crippen LogP contribution in [0.15, 0.2) is 63.6 Å². The Morgan fingerprint density at radius 2 is 1.88 bits per heavy atom. The summed E-state index contributed by atoms with van der Waals surface area (Å²) >= 11 is 0. The summed E-state index contributed by atoms with van der Waals surface area (Å²) in [5.74, 6) is 0.963. The van der Waals surface area contributed by atoms with Gasteiger partial charge in [0.25, 0.3) is 12.3 Å². The number of alkyl halides is 5. The van der Waals surface area contributed by atoms with E-state index in [1.165, 1.54) is 24.0 Å². The van der Waals surface area contributed by atoms with Crippen molar-refractivity contribution in [3.63, 3.8) is 0 Å². The number of likely N-dealkylation sites (tertiary alicyclic amines) is 1. The number of pyridine rings is 1. The van der Waals surface area contributed by atoms with Crippen LogP contribution in [-0.4, -0.2) is 118 Å². The van der Waals surface area contributed by atoms with Crippen LogP contribution < -0.4 is 26.6 Å².